The average Bonchev–Trinajstić information content (AvgIpc) is 3.08. The van der Waals surface area contributed by atoms with Crippen LogP contribution in [0.1, 0.15) is 51.2 Å². The van der Waals surface area contributed by atoms with Crippen molar-refractivity contribution in [2.45, 2.75) is 52.8 Å². The topological polar surface area (TPSA) is 41.2 Å². The lowest BCUT2D eigenvalue weighted by Gasteiger charge is -2.18. The second kappa shape index (κ2) is 10.3. The molecule has 0 saturated carbocycles. The molecule has 0 aliphatic carbocycles. The quantitative estimate of drug-likeness (QED) is 0.472. The molecule has 0 fully saturated rings. The molecule has 29 heavy (non-hydrogen) atoms. The average molecular weight is 432 g/mol. The lowest BCUT2D eigenvalue weighted by molar-refractivity contribution is -0.137. The molecule has 8 heteroatoms. The smallest absolute Gasteiger partial charge is 0.418 e. The number of aromatic nitrogens is 2. The summed E-state index contributed by atoms with van der Waals surface area (Å²) in [7, 11) is 1.98. The maximum atomic E-state index is 13.6. The third-order valence-electron chi connectivity index (χ3n) is 4.64. The second-order valence-corrected chi connectivity index (χ2v) is 8.10. The van der Waals surface area contributed by atoms with Gasteiger partial charge in [-0.15, -0.1) is 0 Å². The summed E-state index contributed by atoms with van der Waals surface area (Å²) in [4.78, 5) is 2.12. The number of hydrogen-bond acceptors (Lipinski definition) is 3. The van der Waals surface area contributed by atoms with E-state index in [9.17, 15) is 13.2 Å². The zero-order chi connectivity index (χ0) is 21.6. The Kier molecular flexibility index (Phi) is 8.40. The zero-order valence-corrected chi connectivity index (χ0v) is 18.1. The molecule has 0 aliphatic rings. The fourth-order valence-corrected chi connectivity index (χ4v) is 3.21. The summed E-state index contributed by atoms with van der Waals surface area (Å²) in [6.07, 6.45) is -0.0811. The van der Waals surface area contributed by atoms with Gasteiger partial charge in [-0.25, -0.2) is 0 Å². The van der Waals surface area contributed by atoms with E-state index < -0.39 is 16.8 Å². The number of nitrogens with one attached hydrogen (secondary N) is 1. The molecule has 1 aromatic carbocycles. The van der Waals surface area contributed by atoms with E-state index in [1.54, 1.807) is 12.3 Å². The number of halogens is 4. The largest absolute Gasteiger partial charge is 0.492 e. The number of aromatic amines is 1. The van der Waals surface area contributed by atoms with Crippen LogP contribution in [0, 0.1) is 5.92 Å². The van der Waals surface area contributed by atoms with Crippen molar-refractivity contribution < 1.29 is 17.9 Å². The third kappa shape index (κ3) is 6.64. The van der Waals surface area contributed by atoms with E-state index >= 15 is 0 Å². The van der Waals surface area contributed by atoms with Crippen LogP contribution in [0.5, 0.6) is 5.75 Å². The van der Waals surface area contributed by atoms with E-state index in [-0.39, 0.29) is 5.75 Å². The first kappa shape index (κ1) is 23.5. The van der Waals surface area contributed by atoms with E-state index in [0.717, 1.165) is 37.4 Å². The minimum absolute atomic E-state index is 0.0389. The summed E-state index contributed by atoms with van der Waals surface area (Å²) in [5.74, 6) is 0.411. The van der Waals surface area contributed by atoms with Crippen molar-refractivity contribution in [1.82, 2.24) is 15.1 Å². The molecule has 1 N–H and O–H groups in total. The van der Waals surface area contributed by atoms with E-state index in [2.05, 4.69) is 22.0 Å². The van der Waals surface area contributed by atoms with Gasteiger partial charge < -0.3 is 9.64 Å². The summed E-state index contributed by atoms with van der Waals surface area (Å²) in [6, 6.07) is 2.61. The Morgan fingerprint density at radius 1 is 1.28 bits per heavy atom. The Bertz CT molecular complexity index is 790. The molecule has 0 atom stereocenters. The predicted octanol–water partition coefficient (Wildman–Crippen LogP) is 6.41. The summed E-state index contributed by atoms with van der Waals surface area (Å²) in [5.41, 5.74) is 0.824. The molecule has 0 spiro atoms. The highest BCUT2D eigenvalue weighted by Crippen LogP contribution is 2.42. The zero-order valence-electron chi connectivity index (χ0n) is 17.4. The molecular weight excluding hydrogens is 403 g/mol. The summed E-state index contributed by atoms with van der Waals surface area (Å²) in [6.45, 7) is 7.94. The number of alkyl halides is 3. The standard InChI is InChI=1S/C21H29ClF3N3O/c1-5-6-8-28(4)13-16-12-26-27-20(16)15-10-17(21(23,24)25)19(22)18(11-15)29-9-7-14(2)3/h10-12,14H,5-9,13H2,1-4H3,(H,26,27). The normalized spacial score (nSPS) is 12.2. The fraction of sp³-hybridized carbons (Fsp3) is 0.571. The van der Waals surface area contributed by atoms with Crippen LogP contribution < -0.4 is 4.74 Å². The number of ether oxygens (including phenoxy) is 1. The number of H-pyrrole nitrogens is 1. The number of benzene rings is 1. The van der Waals surface area contributed by atoms with Crippen molar-refractivity contribution in [3.05, 3.63) is 34.5 Å². The minimum atomic E-state index is -4.58. The van der Waals surface area contributed by atoms with Crippen LogP contribution >= 0.6 is 11.6 Å². The maximum absolute atomic E-state index is 13.6. The van der Waals surface area contributed by atoms with E-state index in [4.69, 9.17) is 16.3 Å². The summed E-state index contributed by atoms with van der Waals surface area (Å²) < 4.78 is 46.3. The van der Waals surface area contributed by atoms with Crippen molar-refractivity contribution in [2.75, 3.05) is 20.2 Å². The molecule has 0 unspecified atom stereocenters. The highest BCUT2D eigenvalue weighted by atomic mass is 35.5. The fourth-order valence-electron chi connectivity index (χ4n) is 2.94. The Morgan fingerprint density at radius 3 is 2.62 bits per heavy atom. The first-order valence-corrected chi connectivity index (χ1v) is 10.3. The molecule has 2 aromatic rings. The first-order valence-electron chi connectivity index (χ1n) is 9.88. The Balaban J connectivity index is 2.38. The highest BCUT2D eigenvalue weighted by molar-refractivity contribution is 6.33. The number of rotatable bonds is 10. The van der Waals surface area contributed by atoms with Gasteiger partial charge >= 0.3 is 6.18 Å². The van der Waals surface area contributed by atoms with Crippen molar-refractivity contribution >= 4 is 11.6 Å². The number of nitrogens with zero attached hydrogens (tertiary/aromatic N) is 2. The Labute approximate surface area is 175 Å². The van der Waals surface area contributed by atoms with Crippen LogP contribution in [0.15, 0.2) is 18.3 Å². The molecule has 1 aromatic heterocycles. The third-order valence-corrected chi connectivity index (χ3v) is 5.03. The predicted molar refractivity (Wildman–Crippen MR) is 110 cm³/mol. The lowest BCUT2D eigenvalue weighted by Crippen LogP contribution is -2.19. The van der Waals surface area contributed by atoms with E-state index in [0.29, 0.717) is 30.3 Å². The van der Waals surface area contributed by atoms with Gasteiger partial charge in [0.25, 0.3) is 0 Å². The van der Waals surface area contributed by atoms with Crippen molar-refractivity contribution in [1.29, 1.82) is 0 Å². The van der Waals surface area contributed by atoms with Gasteiger partial charge in [0, 0.05) is 17.7 Å². The molecule has 0 bridgehead atoms. The molecule has 0 saturated heterocycles. The van der Waals surface area contributed by atoms with Gasteiger partial charge in [0.2, 0.25) is 0 Å². The van der Waals surface area contributed by atoms with Crippen LogP contribution in [0.25, 0.3) is 11.3 Å². The molecule has 4 nitrogen and oxygen atoms in total. The summed E-state index contributed by atoms with van der Waals surface area (Å²) in [5, 5.41) is 6.48. The van der Waals surface area contributed by atoms with Gasteiger partial charge in [-0.05, 0) is 44.5 Å². The SMILES string of the molecule is CCCCN(C)Cc1cn[nH]c1-c1cc(OCCC(C)C)c(Cl)c(C(F)(F)F)c1. The first-order chi connectivity index (χ1) is 13.6. The highest BCUT2D eigenvalue weighted by Gasteiger charge is 2.35. The maximum Gasteiger partial charge on any atom is 0.418 e. The minimum Gasteiger partial charge on any atom is -0.492 e. The van der Waals surface area contributed by atoms with Gasteiger partial charge in [-0.2, -0.15) is 18.3 Å². The van der Waals surface area contributed by atoms with Gasteiger partial charge in [-0.1, -0.05) is 38.8 Å². The van der Waals surface area contributed by atoms with Crippen LogP contribution in [0.3, 0.4) is 0 Å². The number of hydrogen-bond donors (Lipinski definition) is 1. The monoisotopic (exact) mass is 431 g/mol. The van der Waals surface area contributed by atoms with Gasteiger partial charge in [0.05, 0.1) is 29.1 Å². The van der Waals surface area contributed by atoms with Gasteiger partial charge in [0.15, 0.2) is 0 Å². The lowest BCUT2D eigenvalue weighted by atomic mass is 10.0. The van der Waals surface area contributed by atoms with Crippen molar-refractivity contribution in [3.63, 3.8) is 0 Å². The van der Waals surface area contributed by atoms with Crippen LogP contribution in [0.2, 0.25) is 5.02 Å². The molecule has 162 valence electrons. The van der Waals surface area contributed by atoms with Gasteiger partial charge in [-0.3, -0.25) is 5.10 Å². The van der Waals surface area contributed by atoms with Gasteiger partial charge in [0.1, 0.15) is 5.75 Å². The van der Waals surface area contributed by atoms with E-state index in [1.807, 2.05) is 20.9 Å². The molecule has 0 radical (unpaired) electrons. The van der Waals surface area contributed by atoms with Crippen LogP contribution in [0.4, 0.5) is 13.2 Å². The molecule has 1 heterocycles. The number of unbranched alkanes of at least 4 members (excludes halogenated alkanes) is 1. The Morgan fingerprint density at radius 2 is 2.00 bits per heavy atom. The van der Waals surface area contributed by atoms with Crippen molar-refractivity contribution in [2.24, 2.45) is 5.92 Å². The molecule has 2 rings (SSSR count). The molecule has 0 amide bonds. The van der Waals surface area contributed by atoms with Crippen molar-refractivity contribution in [3.8, 4) is 17.0 Å². The summed E-state index contributed by atoms with van der Waals surface area (Å²) >= 11 is 6.04. The molecule has 0 aliphatic heterocycles. The Hall–Kier alpha value is -1.73. The molecular formula is C21H29ClF3N3O. The van der Waals surface area contributed by atoms with Crippen LogP contribution in [-0.2, 0) is 12.7 Å². The van der Waals surface area contributed by atoms with Crippen LogP contribution in [-0.4, -0.2) is 35.3 Å². The second-order valence-electron chi connectivity index (χ2n) is 7.73. The van der Waals surface area contributed by atoms with E-state index in [1.165, 1.54) is 0 Å².